The lowest BCUT2D eigenvalue weighted by molar-refractivity contribution is 0.414. The van der Waals surface area contributed by atoms with Gasteiger partial charge in [-0.1, -0.05) is 29.8 Å². The van der Waals surface area contributed by atoms with Gasteiger partial charge < -0.3 is 20.1 Å². The van der Waals surface area contributed by atoms with Gasteiger partial charge in [-0.15, -0.1) is 0 Å². The van der Waals surface area contributed by atoms with Crippen LogP contribution in [0.2, 0.25) is 0 Å². The first-order valence-electron chi connectivity index (χ1n) is 8.65. The molecule has 0 bridgehead atoms. The van der Waals surface area contributed by atoms with Crippen molar-refractivity contribution in [3.8, 4) is 17.2 Å². The van der Waals surface area contributed by atoms with Gasteiger partial charge in [0, 0.05) is 12.2 Å². The summed E-state index contributed by atoms with van der Waals surface area (Å²) in [6.07, 6.45) is 0. The van der Waals surface area contributed by atoms with Crippen molar-refractivity contribution in [1.82, 2.24) is 5.32 Å². The molecule has 4 nitrogen and oxygen atoms in total. The van der Waals surface area contributed by atoms with Crippen LogP contribution in [0.1, 0.15) is 11.1 Å². The summed E-state index contributed by atoms with van der Waals surface area (Å²) < 4.78 is 11.0. The predicted molar refractivity (Wildman–Crippen MR) is 114 cm³/mol. The molecule has 3 rings (SSSR count). The molecular formula is C22H22N2O2S. The average Bonchev–Trinajstić information content (AvgIpc) is 2.70. The molecule has 0 aromatic heterocycles. The third-order valence-electron chi connectivity index (χ3n) is 3.98. The van der Waals surface area contributed by atoms with E-state index in [0.29, 0.717) is 11.7 Å². The molecule has 0 amide bonds. The van der Waals surface area contributed by atoms with Gasteiger partial charge in [0.05, 0.1) is 7.11 Å². The second kappa shape index (κ2) is 9.05. The lowest BCUT2D eigenvalue weighted by Crippen LogP contribution is -2.27. The standard InChI is InChI=1S/C22H22N2O2S/c1-16-3-9-20(10-4-16)26-21-13-7-18(8-14-21)24-22(27)23-15-17-5-11-19(25-2)12-6-17/h3-14H,15H2,1-2H3,(H2,23,24,27). The zero-order chi connectivity index (χ0) is 19.1. The molecule has 3 aromatic carbocycles. The van der Waals surface area contributed by atoms with E-state index in [-0.39, 0.29) is 0 Å². The van der Waals surface area contributed by atoms with Crippen molar-refractivity contribution in [3.05, 3.63) is 83.9 Å². The van der Waals surface area contributed by atoms with Crippen molar-refractivity contribution in [1.29, 1.82) is 0 Å². The summed E-state index contributed by atoms with van der Waals surface area (Å²) >= 11 is 5.36. The summed E-state index contributed by atoms with van der Waals surface area (Å²) in [7, 11) is 1.66. The lowest BCUT2D eigenvalue weighted by atomic mass is 10.2. The van der Waals surface area contributed by atoms with Gasteiger partial charge in [-0.25, -0.2) is 0 Å². The molecule has 0 atom stereocenters. The van der Waals surface area contributed by atoms with E-state index in [1.54, 1.807) is 7.11 Å². The third kappa shape index (κ3) is 5.72. The fourth-order valence-electron chi connectivity index (χ4n) is 2.45. The van der Waals surface area contributed by atoms with Crippen LogP contribution in [0.5, 0.6) is 17.2 Å². The maximum atomic E-state index is 5.83. The Bertz CT molecular complexity index is 876. The van der Waals surface area contributed by atoms with Crippen molar-refractivity contribution < 1.29 is 9.47 Å². The minimum atomic E-state index is 0.568. The van der Waals surface area contributed by atoms with Gasteiger partial charge in [0.1, 0.15) is 17.2 Å². The third-order valence-corrected chi connectivity index (χ3v) is 4.23. The van der Waals surface area contributed by atoms with Gasteiger partial charge in [0.25, 0.3) is 0 Å². The van der Waals surface area contributed by atoms with Crippen LogP contribution in [0.4, 0.5) is 5.69 Å². The highest BCUT2D eigenvalue weighted by molar-refractivity contribution is 7.80. The maximum absolute atomic E-state index is 5.83. The van der Waals surface area contributed by atoms with Gasteiger partial charge in [0.2, 0.25) is 0 Å². The van der Waals surface area contributed by atoms with E-state index in [1.165, 1.54) is 5.56 Å². The topological polar surface area (TPSA) is 42.5 Å². The van der Waals surface area contributed by atoms with Gasteiger partial charge in [0.15, 0.2) is 5.11 Å². The highest BCUT2D eigenvalue weighted by atomic mass is 32.1. The van der Waals surface area contributed by atoms with E-state index in [9.17, 15) is 0 Å². The highest BCUT2D eigenvalue weighted by Gasteiger charge is 2.01. The first kappa shape index (κ1) is 18.7. The zero-order valence-corrected chi connectivity index (χ0v) is 16.2. The van der Waals surface area contributed by atoms with E-state index < -0.39 is 0 Å². The van der Waals surface area contributed by atoms with E-state index in [1.807, 2.05) is 72.8 Å². The first-order valence-corrected chi connectivity index (χ1v) is 9.05. The summed E-state index contributed by atoms with van der Waals surface area (Å²) in [5, 5.41) is 6.93. The van der Waals surface area contributed by atoms with Crippen LogP contribution in [-0.2, 0) is 6.54 Å². The number of methoxy groups -OCH3 is 1. The van der Waals surface area contributed by atoms with Crippen LogP contribution >= 0.6 is 12.2 Å². The number of hydrogen-bond acceptors (Lipinski definition) is 3. The number of benzene rings is 3. The molecule has 0 radical (unpaired) electrons. The van der Waals surface area contributed by atoms with Crippen LogP contribution in [0.15, 0.2) is 72.8 Å². The molecular weight excluding hydrogens is 356 g/mol. The van der Waals surface area contributed by atoms with E-state index in [4.69, 9.17) is 21.7 Å². The summed E-state index contributed by atoms with van der Waals surface area (Å²) in [5.41, 5.74) is 3.23. The SMILES string of the molecule is COc1ccc(CNC(=S)Nc2ccc(Oc3ccc(C)cc3)cc2)cc1. The molecule has 0 heterocycles. The van der Waals surface area contributed by atoms with E-state index in [0.717, 1.165) is 28.5 Å². The lowest BCUT2D eigenvalue weighted by Gasteiger charge is -2.12. The smallest absolute Gasteiger partial charge is 0.171 e. The minimum absolute atomic E-state index is 0.568. The summed E-state index contributed by atoms with van der Waals surface area (Å²) in [6, 6.07) is 23.5. The predicted octanol–water partition coefficient (Wildman–Crippen LogP) is 5.28. The Hall–Kier alpha value is -3.05. The Morgan fingerprint density at radius 2 is 1.37 bits per heavy atom. The molecule has 3 aromatic rings. The Morgan fingerprint density at radius 1 is 0.815 bits per heavy atom. The van der Waals surface area contributed by atoms with Crippen molar-refractivity contribution in [3.63, 3.8) is 0 Å². The summed E-state index contributed by atoms with van der Waals surface area (Å²) in [6.45, 7) is 2.69. The van der Waals surface area contributed by atoms with Crippen LogP contribution in [-0.4, -0.2) is 12.2 Å². The molecule has 5 heteroatoms. The Balaban J connectivity index is 1.49. The van der Waals surface area contributed by atoms with Gasteiger partial charge in [-0.05, 0) is 73.2 Å². The highest BCUT2D eigenvalue weighted by Crippen LogP contribution is 2.23. The second-order valence-corrected chi connectivity index (χ2v) is 6.50. The molecule has 0 spiro atoms. The summed E-state index contributed by atoms with van der Waals surface area (Å²) in [5.74, 6) is 2.44. The number of aryl methyl sites for hydroxylation is 1. The van der Waals surface area contributed by atoms with Gasteiger partial charge in [-0.3, -0.25) is 0 Å². The van der Waals surface area contributed by atoms with Crippen molar-refractivity contribution >= 4 is 23.0 Å². The monoisotopic (exact) mass is 378 g/mol. The van der Waals surface area contributed by atoms with Crippen LogP contribution in [0.3, 0.4) is 0 Å². The number of thiocarbonyl (C=S) groups is 1. The Labute approximate surface area is 165 Å². The van der Waals surface area contributed by atoms with Crippen molar-refractivity contribution in [2.75, 3.05) is 12.4 Å². The van der Waals surface area contributed by atoms with E-state index in [2.05, 4.69) is 17.6 Å². The number of anilines is 1. The van der Waals surface area contributed by atoms with Gasteiger partial charge >= 0.3 is 0 Å². The molecule has 0 saturated heterocycles. The molecule has 0 aliphatic rings. The number of ether oxygens (including phenoxy) is 2. The van der Waals surface area contributed by atoms with Crippen LogP contribution < -0.4 is 20.1 Å². The fraction of sp³-hybridized carbons (Fsp3) is 0.136. The molecule has 0 fully saturated rings. The maximum Gasteiger partial charge on any atom is 0.171 e. The quantitative estimate of drug-likeness (QED) is 0.571. The van der Waals surface area contributed by atoms with Crippen molar-refractivity contribution in [2.24, 2.45) is 0 Å². The van der Waals surface area contributed by atoms with Crippen LogP contribution in [0.25, 0.3) is 0 Å². The van der Waals surface area contributed by atoms with E-state index >= 15 is 0 Å². The number of rotatable bonds is 6. The summed E-state index contributed by atoms with van der Waals surface area (Å²) in [4.78, 5) is 0. The Kier molecular flexibility index (Phi) is 6.28. The molecule has 138 valence electrons. The second-order valence-electron chi connectivity index (χ2n) is 6.10. The Morgan fingerprint density at radius 3 is 1.96 bits per heavy atom. The molecule has 0 aliphatic carbocycles. The van der Waals surface area contributed by atoms with Gasteiger partial charge in [-0.2, -0.15) is 0 Å². The molecule has 2 N–H and O–H groups in total. The first-order chi connectivity index (χ1) is 13.1. The number of hydrogen-bond donors (Lipinski definition) is 2. The number of nitrogens with one attached hydrogen (secondary N) is 2. The molecule has 0 aliphatic heterocycles. The molecule has 0 saturated carbocycles. The van der Waals surface area contributed by atoms with Crippen molar-refractivity contribution in [2.45, 2.75) is 13.5 Å². The molecule has 27 heavy (non-hydrogen) atoms. The average molecular weight is 378 g/mol. The fourth-order valence-corrected chi connectivity index (χ4v) is 2.64. The zero-order valence-electron chi connectivity index (χ0n) is 15.4. The molecule has 0 unspecified atom stereocenters. The van der Waals surface area contributed by atoms with Crippen LogP contribution in [0, 0.1) is 6.92 Å². The minimum Gasteiger partial charge on any atom is -0.497 e. The largest absolute Gasteiger partial charge is 0.497 e. The normalized spacial score (nSPS) is 10.1.